The number of benzene rings is 2. The normalized spacial score (nSPS) is 16.4. The van der Waals surface area contributed by atoms with Crippen molar-refractivity contribution in [3.8, 4) is 5.75 Å². The van der Waals surface area contributed by atoms with Crippen molar-refractivity contribution in [3.63, 3.8) is 0 Å². The number of hydrogen-bond acceptors (Lipinski definition) is 4. The third-order valence-corrected chi connectivity index (χ3v) is 4.95. The van der Waals surface area contributed by atoms with E-state index in [1.807, 2.05) is 55.1 Å². The molecule has 1 N–H and O–H groups in total. The molecule has 1 atom stereocenters. The van der Waals surface area contributed by atoms with Gasteiger partial charge in [-0.25, -0.2) is 0 Å². The van der Waals surface area contributed by atoms with Crippen LogP contribution in [-0.4, -0.2) is 30.9 Å². The molecule has 0 saturated carbocycles. The fourth-order valence-corrected chi connectivity index (χ4v) is 3.97. The molecule has 2 aromatic rings. The van der Waals surface area contributed by atoms with Gasteiger partial charge in [0.1, 0.15) is 5.75 Å². The summed E-state index contributed by atoms with van der Waals surface area (Å²) in [4.78, 5) is 15.8. The van der Waals surface area contributed by atoms with Crippen LogP contribution in [0.15, 0.2) is 53.4 Å². The van der Waals surface area contributed by atoms with Gasteiger partial charge in [-0.3, -0.25) is 4.79 Å². The summed E-state index contributed by atoms with van der Waals surface area (Å²) in [6, 6.07) is 15.7. The zero-order valence-corrected chi connectivity index (χ0v) is 14.8. The highest BCUT2D eigenvalue weighted by Gasteiger charge is 2.23. The molecule has 1 amide bonds. The van der Waals surface area contributed by atoms with Crippen molar-refractivity contribution in [2.75, 3.05) is 29.9 Å². The van der Waals surface area contributed by atoms with E-state index in [9.17, 15) is 4.79 Å². The molecule has 0 aliphatic carbocycles. The lowest BCUT2D eigenvalue weighted by Crippen LogP contribution is -2.39. The molecule has 0 fully saturated rings. The Labute approximate surface area is 147 Å². The molecule has 0 aromatic heterocycles. The van der Waals surface area contributed by atoms with Crippen molar-refractivity contribution in [1.82, 2.24) is 0 Å². The zero-order chi connectivity index (χ0) is 16.9. The monoisotopic (exact) mass is 342 g/mol. The van der Waals surface area contributed by atoms with E-state index in [1.54, 1.807) is 0 Å². The third kappa shape index (κ3) is 4.03. The number of fused-ring (bicyclic) bond motifs is 1. The minimum atomic E-state index is -0.00642. The van der Waals surface area contributed by atoms with E-state index in [0.717, 1.165) is 23.7 Å². The van der Waals surface area contributed by atoms with Gasteiger partial charge in [-0.2, -0.15) is 0 Å². The second-order valence-corrected chi connectivity index (χ2v) is 7.26. The van der Waals surface area contributed by atoms with Crippen molar-refractivity contribution in [3.05, 3.63) is 48.5 Å². The predicted octanol–water partition coefficient (Wildman–Crippen LogP) is 4.02. The summed E-state index contributed by atoms with van der Waals surface area (Å²) in [6.45, 7) is 6.01. The number of para-hydroxylation sites is 1. The average molecular weight is 342 g/mol. The smallest absolute Gasteiger partial charge is 0.243 e. The number of carbonyl (C=O) groups is 1. The van der Waals surface area contributed by atoms with E-state index in [-0.39, 0.29) is 5.91 Å². The summed E-state index contributed by atoms with van der Waals surface area (Å²) in [6.07, 6.45) is 0. The van der Waals surface area contributed by atoms with Crippen LogP contribution in [0.5, 0.6) is 5.75 Å². The molecular formula is C19H22N2O2S. The van der Waals surface area contributed by atoms with Gasteiger partial charge in [-0.1, -0.05) is 19.1 Å². The maximum Gasteiger partial charge on any atom is 0.243 e. The van der Waals surface area contributed by atoms with Gasteiger partial charge >= 0.3 is 0 Å². The number of nitrogens with zero attached hydrogens (tertiary/aromatic N) is 1. The largest absolute Gasteiger partial charge is 0.494 e. The Balaban J connectivity index is 1.64. The van der Waals surface area contributed by atoms with Gasteiger partial charge in [0.15, 0.2) is 0 Å². The lowest BCUT2D eigenvalue weighted by atomic mass is 10.2. The van der Waals surface area contributed by atoms with Crippen LogP contribution < -0.4 is 15.0 Å². The van der Waals surface area contributed by atoms with Gasteiger partial charge in [0.05, 0.1) is 18.8 Å². The van der Waals surface area contributed by atoms with Crippen LogP contribution in [0.3, 0.4) is 0 Å². The lowest BCUT2D eigenvalue weighted by molar-refractivity contribution is -0.115. The van der Waals surface area contributed by atoms with Crippen LogP contribution in [0, 0.1) is 0 Å². The third-order valence-electron chi connectivity index (χ3n) is 3.80. The SMILES string of the molecule is CCOc1ccc(NC(=O)CN2CC(C)Sc3ccccc32)cc1. The Bertz CT molecular complexity index is 703. The first-order valence-electron chi connectivity index (χ1n) is 8.19. The molecule has 2 aromatic carbocycles. The number of anilines is 2. The van der Waals surface area contributed by atoms with Crippen LogP contribution in [0.4, 0.5) is 11.4 Å². The van der Waals surface area contributed by atoms with E-state index >= 15 is 0 Å². The Hall–Kier alpha value is -2.14. The van der Waals surface area contributed by atoms with E-state index in [0.29, 0.717) is 18.4 Å². The Morgan fingerprint density at radius 1 is 1.25 bits per heavy atom. The number of hydrogen-bond donors (Lipinski definition) is 1. The average Bonchev–Trinajstić information content (AvgIpc) is 2.57. The van der Waals surface area contributed by atoms with Crippen LogP contribution in [0.2, 0.25) is 0 Å². The van der Waals surface area contributed by atoms with E-state index < -0.39 is 0 Å². The highest BCUT2D eigenvalue weighted by Crippen LogP contribution is 2.37. The zero-order valence-electron chi connectivity index (χ0n) is 14.0. The molecule has 1 aliphatic heterocycles. The van der Waals surface area contributed by atoms with Crippen molar-refractivity contribution in [1.29, 1.82) is 0 Å². The number of amides is 1. The summed E-state index contributed by atoms with van der Waals surface area (Å²) in [5.41, 5.74) is 1.93. The van der Waals surface area contributed by atoms with Gasteiger partial charge in [-0.05, 0) is 43.3 Å². The topological polar surface area (TPSA) is 41.6 Å². The fraction of sp³-hybridized carbons (Fsp3) is 0.316. The lowest BCUT2D eigenvalue weighted by Gasteiger charge is -2.33. The summed E-state index contributed by atoms with van der Waals surface area (Å²) < 4.78 is 5.41. The molecule has 0 spiro atoms. The fourth-order valence-electron chi connectivity index (χ4n) is 2.81. The molecule has 1 heterocycles. The number of ether oxygens (including phenoxy) is 1. The highest BCUT2D eigenvalue weighted by molar-refractivity contribution is 8.00. The second kappa shape index (κ2) is 7.62. The first-order chi connectivity index (χ1) is 11.7. The van der Waals surface area contributed by atoms with Crippen LogP contribution in [0.1, 0.15) is 13.8 Å². The molecule has 3 rings (SSSR count). The molecule has 5 heteroatoms. The van der Waals surface area contributed by atoms with Gasteiger partial charge in [0, 0.05) is 22.4 Å². The van der Waals surface area contributed by atoms with Gasteiger partial charge in [0.25, 0.3) is 0 Å². The second-order valence-electron chi connectivity index (χ2n) is 5.78. The van der Waals surface area contributed by atoms with E-state index in [1.165, 1.54) is 4.90 Å². The van der Waals surface area contributed by atoms with Crippen molar-refractivity contribution >= 4 is 29.0 Å². The van der Waals surface area contributed by atoms with Gasteiger partial charge in [0.2, 0.25) is 5.91 Å². The van der Waals surface area contributed by atoms with Crippen molar-refractivity contribution in [2.45, 2.75) is 24.0 Å². The Morgan fingerprint density at radius 3 is 2.75 bits per heavy atom. The summed E-state index contributed by atoms with van der Waals surface area (Å²) in [7, 11) is 0. The molecule has 24 heavy (non-hydrogen) atoms. The van der Waals surface area contributed by atoms with Gasteiger partial charge in [-0.15, -0.1) is 11.8 Å². The van der Waals surface area contributed by atoms with E-state index in [2.05, 4.69) is 29.3 Å². The van der Waals surface area contributed by atoms with Crippen LogP contribution >= 0.6 is 11.8 Å². The number of rotatable bonds is 5. The Morgan fingerprint density at radius 2 is 2.00 bits per heavy atom. The summed E-state index contributed by atoms with van der Waals surface area (Å²) >= 11 is 1.87. The van der Waals surface area contributed by atoms with Crippen LogP contribution in [-0.2, 0) is 4.79 Å². The highest BCUT2D eigenvalue weighted by atomic mass is 32.2. The molecule has 0 radical (unpaired) electrons. The predicted molar refractivity (Wildman–Crippen MR) is 100 cm³/mol. The maximum atomic E-state index is 12.4. The molecule has 126 valence electrons. The molecule has 1 aliphatic rings. The first kappa shape index (κ1) is 16.7. The van der Waals surface area contributed by atoms with Crippen LogP contribution in [0.25, 0.3) is 0 Å². The minimum Gasteiger partial charge on any atom is -0.494 e. The van der Waals surface area contributed by atoms with E-state index in [4.69, 9.17) is 4.74 Å². The van der Waals surface area contributed by atoms with Gasteiger partial charge < -0.3 is 15.0 Å². The number of carbonyl (C=O) groups excluding carboxylic acids is 1. The number of thioether (sulfide) groups is 1. The Kier molecular flexibility index (Phi) is 5.30. The summed E-state index contributed by atoms with van der Waals surface area (Å²) in [5, 5.41) is 3.43. The maximum absolute atomic E-state index is 12.4. The molecule has 0 saturated heterocycles. The molecule has 0 bridgehead atoms. The molecule has 1 unspecified atom stereocenters. The molecule has 4 nitrogen and oxygen atoms in total. The number of nitrogens with one attached hydrogen (secondary N) is 1. The van der Waals surface area contributed by atoms with Crippen molar-refractivity contribution < 1.29 is 9.53 Å². The quantitative estimate of drug-likeness (QED) is 0.891. The summed E-state index contributed by atoms with van der Waals surface area (Å²) in [5.74, 6) is 0.805. The minimum absolute atomic E-state index is 0.00642. The van der Waals surface area contributed by atoms with Crippen molar-refractivity contribution in [2.24, 2.45) is 0 Å². The molecular weight excluding hydrogens is 320 g/mol. The standard InChI is InChI=1S/C19H22N2O2S/c1-3-23-16-10-8-15(9-11-16)20-19(22)13-21-12-14(2)24-18-7-5-4-6-17(18)21/h4-11,14H,3,12-13H2,1-2H3,(H,20,22). The first-order valence-corrected chi connectivity index (χ1v) is 9.07.